The van der Waals surface area contributed by atoms with Gasteiger partial charge in [-0.25, -0.2) is 4.98 Å². The lowest BCUT2D eigenvalue weighted by molar-refractivity contribution is 0.0852. The molecule has 0 aromatic carbocycles. The van der Waals surface area contributed by atoms with Gasteiger partial charge in [0.25, 0.3) is 0 Å². The van der Waals surface area contributed by atoms with Crippen LogP contribution in [-0.2, 0) is 0 Å². The van der Waals surface area contributed by atoms with Gasteiger partial charge in [-0.2, -0.15) is 0 Å². The molecule has 0 atom stereocenters. The summed E-state index contributed by atoms with van der Waals surface area (Å²) in [4.78, 5) is 16.1. The van der Waals surface area contributed by atoms with Crippen LogP contribution in [0.3, 0.4) is 0 Å². The number of fused-ring (bicyclic) bond motifs is 1. The fraction of sp³-hybridized carbons (Fsp3) is 0.333. The van der Waals surface area contributed by atoms with E-state index < -0.39 is 0 Å². The maximum Gasteiger partial charge on any atom is 0.187 e. The van der Waals surface area contributed by atoms with Crippen molar-refractivity contribution in [3.05, 3.63) is 36.4 Å². The molecule has 0 unspecified atom stereocenters. The zero-order valence-electron chi connectivity index (χ0n) is 9.19. The van der Waals surface area contributed by atoms with E-state index in [9.17, 15) is 4.79 Å². The van der Waals surface area contributed by atoms with E-state index in [1.54, 1.807) is 12.4 Å². The molecule has 0 bridgehead atoms. The summed E-state index contributed by atoms with van der Waals surface area (Å²) in [6, 6.07) is 3.89. The van der Waals surface area contributed by atoms with Gasteiger partial charge in [-0.05, 0) is 12.1 Å². The molecule has 0 radical (unpaired) electrons. The van der Waals surface area contributed by atoms with Crippen LogP contribution in [0.2, 0.25) is 0 Å². The number of aromatic nitrogens is 2. The number of hydrogen-bond acceptors (Lipinski definition) is 2. The Morgan fingerprint density at radius 3 is 2.80 bits per heavy atom. The minimum Gasteiger partial charge on any atom is -0.320 e. The zero-order valence-corrected chi connectivity index (χ0v) is 9.19. The molecule has 0 N–H and O–H groups in total. The topological polar surface area (TPSA) is 34.4 Å². The molecule has 0 aliphatic heterocycles. The molecular formula is C12H14N2O. The molecule has 2 aromatic rings. The predicted molar refractivity (Wildman–Crippen MR) is 59.0 cm³/mol. The van der Waals surface area contributed by atoms with Gasteiger partial charge in [-0.15, -0.1) is 0 Å². The number of rotatable bonds is 1. The van der Waals surface area contributed by atoms with E-state index in [2.05, 4.69) is 4.98 Å². The first kappa shape index (κ1) is 9.90. The third kappa shape index (κ3) is 1.77. The lowest BCUT2D eigenvalue weighted by Gasteiger charge is -2.15. The molecule has 2 rings (SSSR count). The summed E-state index contributed by atoms with van der Waals surface area (Å²) in [7, 11) is 0. The van der Waals surface area contributed by atoms with Gasteiger partial charge in [0.15, 0.2) is 5.78 Å². The quantitative estimate of drug-likeness (QED) is 0.666. The average molecular weight is 202 g/mol. The van der Waals surface area contributed by atoms with Crippen molar-refractivity contribution >= 4 is 11.3 Å². The first-order valence-electron chi connectivity index (χ1n) is 4.96. The summed E-state index contributed by atoms with van der Waals surface area (Å²) < 4.78 is 1.91. The first-order chi connectivity index (χ1) is 6.98. The highest BCUT2D eigenvalue weighted by Gasteiger charge is 2.24. The Kier molecular flexibility index (Phi) is 2.11. The Balaban J connectivity index is 2.49. The lowest BCUT2D eigenvalue weighted by atomic mass is 9.89. The SMILES string of the molecule is CC(C)(C)C(=O)c1cn2cccc2cn1. The molecule has 0 saturated heterocycles. The van der Waals surface area contributed by atoms with Crippen LogP contribution in [0.25, 0.3) is 5.52 Å². The third-order valence-corrected chi connectivity index (χ3v) is 2.32. The Bertz CT molecular complexity index is 506. The molecule has 2 aromatic heterocycles. The van der Waals surface area contributed by atoms with Crippen molar-refractivity contribution in [2.24, 2.45) is 5.41 Å². The van der Waals surface area contributed by atoms with Gasteiger partial charge in [-0.1, -0.05) is 20.8 Å². The second-order valence-corrected chi connectivity index (χ2v) is 4.69. The first-order valence-corrected chi connectivity index (χ1v) is 4.96. The molecule has 15 heavy (non-hydrogen) atoms. The van der Waals surface area contributed by atoms with Gasteiger partial charge in [-0.3, -0.25) is 4.79 Å². The van der Waals surface area contributed by atoms with E-state index in [0.717, 1.165) is 5.52 Å². The standard InChI is InChI=1S/C12H14N2O/c1-12(2,3)11(15)10-8-14-6-4-5-9(14)7-13-10/h4-8H,1-3H3. The van der Waals surface area contributed by atoms with Crippen molar-refractivity contribution in [3.8, 4) is 0 Å². The van der Waals surface area contributed by atoms with Gasteiger partial charge in [0.2, 0.25) is 0 Å². The highest BCUT2D eigenvalue weighted by Crippen LogP contribution is 2.19. The number of ketones is 1. The van der Waals surface area contributed by atoms with E-state index in [1.807, 2.05) is 43.5 Å². The number of carbonyl (C=O) groups excluding carboxylic acids is 1. The molecule has 0 amide bonds. The predicted octanol–water partition coefficient (Wildman–Crippen LogP) is 2.56. The summed E-state index contributed by atoms with van der Waals surface area (Å²) >= 11 is 0. The second-order valence-electron chi connectivity index (χ2n) is 4.69. The monoisotopic (exact) mass is 202 g/mol. The van der Waals surface area contributed by atoms with Crippen LogP contribution in [0, 0.1) is 5.41 Å². The van der Waals surface area contributed by atoms with Crippen LogP contribution in [0.4, 0.5) is 0 Å². The van der Waals surface area contributed by atoms with Crippen LogP contribution < -0.4 is 0 Å². The van der Waals surface area contributed by atoms with E-state index in [0.29, 0.717) is 5.69 Å². The van der Waals surface area contributed by atoms with Crippen LogP contribution in [-0.4, -0.2) is 15.2 Å². The van der Waals surface area contributed by atoms with Crippen LogP contribution in [0.1, 0.15) is 31.3 Å². The molecule has 0 saturated carbocycles. The van der Waals surface area contributed by atoms with Crippen molar-refractivity contribution in [2.75, 3.05) is 0 Å². The van der Waals surface area contributed by atoms with Crippen molar-refractivity contribution in [2.45, 2.75) is 20.8 Å². The van der Waals surface area contributed by atoms with Crippen molar-refractivity contribution in [1.29, 1.82) is 0 Å². The second kappa shape index (κ2) is 3.19. The number of carbonyl (C=O) groups is 1. The van der Waals surface area contributed by atoms with Crippen LogP contribution in [0.15, 0.2) is 30.7 Å². The maximum atomic E-state index is 12.0. The highest BCUT2D eigenvalue weighted by atomic mass is 16.1. The molecule has 3 nitrogen and oxygen atoms in total. The van der Waals surface area contributed by atoms with E-state index in [1.165, 1.54) is 0 Å². The smallest absolute Gasteiger partial charge is 0.187 e. The van der Waals surface area contributed by atoms with E-state index in [4.69, 9.17) is 0 Å². The summed E-state index contributed by atoms with van der Waals surface area (Å²) in [5.74, 6) is 0.0677. The van der Waals surface area contributed by atoms with Crippen LogP contribution >= 0.6 is 0 Å². The molecular weight excluding hydrogens is 188 g/mol. The molecule has 0 fully saturated rings. The van der Waals surface area contributed by atoms with Gasteiger partial charge in [0.05, 0.1) is 11.7 Å². The van der Waals surface area contributed by atoms with Gasteiger partial charge < -0.3 is 4.40 Å². The summed E-state index contributed by atoms with van der Waals surface area (Å²) in [6.45, 7) is 5.70. The molecule has 0 spiro atoms. The Hall–Kier alpha value is -1.64. The lowest BCUT2D eigenvalue weighted by Crippen LogP contribution is -2.21. The van der Waals surface area contributed by atoms with Gasteiger partial charge in [0.1, 0.15) is 5.69 Å². The molecule has 0 aliphatic carbocycles. The summed E-state index contributed by atoms with van der Waals surface area (Å²) in [5.41, 5.74) is 1.14. The van der Waals surface area contributed by atoms with Crippen molar-refractivity contribution < 1.29 is 4.79 Å². The van der Waals surface area contributed by atoms with Crippen LogP contribution in [0.5, 0.6) is 0 Å². The fourth-order valence-corrected chi connectivity index (χ4v) is 1.44. The zero-order chi connectivity index (χ0) is 11.1. The van der Waals surface area contributed by atoms with Gasteiger partial charge in [0, 0.05) is 17.8 Å². The molecule has 78 valence electrons. The number of nitrogens with zero attached hydrogens (tertiary/aromatic N) is 2. The number of Topliss-reactive ketones (excluding diaryl/α,β-unsaturated/α-hetero) is 1. The fourth-order valence-electron chi connectivity index (χ4n) is 1.44. The molecule has 3 heteroatoms. The molecule has 2 heterocycles. The minimum absolute atomic E-state index is 0.0677. The average Bonchev–Trinajstić information content (AvgIpc) is 2.61. The molecule has 0 aliphatic rings. The van der Waals surface area contributed by atoms with E-state index >= 15 is 0 Å². The van der Waals surface area contributed by atoms with Crippen molar-refractivity contribution in [3.63, 3.8) is 0 Å². The maximum absolute atomic E-state index is 12.0. The number of hydrogen-bond donors (Lipinski definition) is 0. The van der Waals surface area contributed by atoms with Gasteiger partial charge >= 0.3 is 0 Å². The Morgan fingerprint density at radius 2 is 2.13 bits per heavy atom. The summed E-state index contributed by atoms with van der Waals surface area (Å²) in [6.07, 6.45) is 5.42. The normalized spacial score (nSPS) is 11.9. The Morgan fingerprint density at radius 1 is 1.40 bits per heavy atom. The van der Waals surface area contributed by atoms with Crippen molar-refractivity contribution in [1.82, 2.24) is 9.38 Å². The van der Waals surface area contributed by atoms with E-state index in [-0.39, 0.29) is 11.2 Å². The Labute approximate surface area is 88.8 Å². The highest BCUT2D eigenvalue weighted by molar-refractivity contribution is 5.98. The third-order valence-electron chi connectivity index (χ3n) is 2.32. The summed E-state index contributed by atoms with van der Waals surface area (Å²) in [5, 5.41) is 0. The minimum atomic E-state index is -0.381. The largest absolute Gasteiger partial charge is 0.320 e.